The summed E-state index contributed by atoms with van der Waals surface area (Å²) in [6.07, 6.45) is 0. The third-order valence-electron chi connectivity index (χ3n) is 3.17. The summed E-state index contributed by atoms with van der Waals surface area (Å²) in [7, 11) is 0. The first-order chi connectivity index (χ1) is 10.1. The molecule has 0 fully saturated rings. The number of halogens is 1. The van der Waals surface area contributed by atoms with Crippen molar-refractivity contribution in [3.05, 3.63) is 40.9 Å². The standard InChI is InChI=1S/C15H14ClNO4/c16-11-6-14-15(21-4-3-20-14)7-12(11)17-8-9-1-2-10(18)5-13(9)19/h1-2,5-7,17-19H,3-4,8H2. The Kier molecular flexibility index (Phi) is 3.66. The molecule has 3 N–H and O–H groups in total. The Bertz CT molecular complexity index is 675. The molecule has 6 heteroatoms. The molecule has 1 heterocycles. The Morgan fingerprint density at radius 1 is 1.05 bits per heavy atom. The van der Waals surface area contributed by atoms with Crippen molar-refractivity contribution < 1.29 is 19.7 Å². The van der Waals surface area contributed by atoms with Crippen molar-refractivity contribution >= 4 is 17.3 Å². The van der Waals surface area contributed by atoms with Crippen LogP contribution in [-0.2, 0) is 6.54 Å². The number of nitrogens with one attached hydrogen (secondary N) is 1. The minimum atomic E-state index is 0.0219. The number of phenols is 2. The number of ether oxygens (including phenoxy) is 2. The molecule has 0 saturated heterocycles. The third kappa shape index (κ3) is 2.92. The Hall–Kier alpha value is -2.27. The molecule has 21 heavy (non-hydrogen) atoms. The molecule has 2 aromatic carbocycles. The number of aromatic hydroxyl groups is 2. The van der Waals surface area contributed by atoms with E-state index in [0.29, 0.717) is 47.5 Å². The molecule has 5 nitrogen and oxygen atoms in total. The molecule has 0 saturated carbocycles. The number of rotatable bonds is 3. The summed E-state index contributed by atoms with van der Waals surface area (Å²) in [4.78, 5) is 0. The van der Waals surface area contributed by atoms with Gasteiger partial charge in [-0.25, -0.2) is 0 Å². The highest BCUT2D eigenvalue weighted by molar-refractivity contribution is 6.33. The number of benzene rings is 2. The van der Waals surface area contributed by atoms with Crippen molar-refractivity contribution in [1.29, 1.82) is 0 Å². The zero-order valence-electron chi connectivity index (χ0n) is 11.1. The van der Waals surface area contributed by atoms with Crippen molar-refractivity contribution in [2.24, 2.45) is 0 Å². The van der Waals surface area contributed by atoms with Gasteiger partial charge in [-0.2, -0.15) is 0 Å². The van der Waals surface area contributed by atoms with E-state index in [1.165, 1.54) is 12.1 Å². The third-order valence-corrected chi connectivity index (χ3v) is 3.48. The first-order valence-corrected chi connectivity index (χ1v) is 6.85. The normalized spacial score (nSPS) is 13.0. The summed E-state index contributed by atoms with van der Waals surface area (Å²) in [5, 5.41) is 22.7. The fourth-order valence-corrected chi connectivity index (χ4v) is 2.31. The van der Waals surface area contributed by atoms with Crippen LogP contribution in [0, 0.1) is 0 Å². The molecule has 0 amide bonds. The van der Waals surface area contributed by atoms with E-state index in [-0.39, 0.29) is 11.5 Å². The largest absolute Gasteiger partial charge is 0.508 e. The summed E-state index contributed by atoms with van der Waals surface area (Å²) in [6, 6.07) is 7.93. The Morgan fingerprint density at radius 2 is 1.76 bits per heavy atom. The van der Waals surface area contributed by atoms with Gasteiger partial charge in [0.1, 0.15) is 24.7 Å². The predicted octanol–water partition coefficient (Wildman–Crippen LogP) is 3.13. The van der Waals surface area contributed by atoms with Gasteiger partial charge in [-0.3, -0.25) is 0 Å². The number of anilines is 1. The maximum atomic E-state index is 9.75. The first kappa shape index (κ1) is 13.7. The number of fused-ring (bicyclic) bond motifs is 1. The monoisotopic (exact) mass is 307 g/mol. The minimum absolute atomic E-state index is 0.0219. The molecule has 2 aromatic rings. The smallest absolute Gasteiger partial charge is 0.163 e. The van der Waals surface area contributed by atoms with E-state index in [0.717, 1.165) is 0 Å². The van der Waals surface area contributed by atoms with Crippen molar-refractivity contribution in [2.45, 2.75) is 6.54 Å². The van der Waals surface area contributed by atoms with Crippen molar-refractivity contribution in [3.8, 4) is 23.0 Å². The summed E-state index contributed by atoms with van der Waals surface area (Å²) in [5.74, 6) is 1.32. The van der Waals surface area contributed by atoms with Crippen LogP contribution in [0.4, 0.5) is 5.69 Å². The molecule has 0 spiro atoms. The fraction of sp³-hybridized carbons (Fsp3) is 0.200. The molecular formula is C15H14ClNO4. The van der Waals surface area contributed by atoms with Crippen molar-refractivity contribution in [1.82, 2.24) is 0 Å². The van der Waals surface area contributed by atoms with Gasteiger partial charge in [-0.1, -0.05) is 11.6 Å². The summed E-state index contributed by atoms with van der Waals surface area (Å²) < 4.78 is 11.0. The number of phenolic OH excluding ortho intramolecular Hbond substituents is 2. The van der Waals surface area contributed by atoms with Crippen LogP contribution in [0.5, 0.6) is 23.0 Å². The lowest BCUT2D eigenvalue weighted by Crippen LogP contribution is -2.15. The lowest BCUT2D eigenvalue weighted by Gasteiger charge is -2.20. The van der Waals surface area contributed by atoms with Crippen LogP contribution in [0.3, 0.4) is 0 Å². The van der Waals surface area contributed by atoms with E-state index in [9.17, 15) is 10.2 Å². The average molecular weight is 308 g/mol. The van der Waals surface area contributed by atoms with Crippen molar-refractivity contribution in [3.63, 3.8) is 0 Å². The molecule has 0 aromatic heterocycles. The van der Waals surface area contributed by atoms with Crippen LogP contribution in [0.2, 0.25) is 5.02 Å². The zero-order valence-corrected chi connectivity index (χ0v) is 11.9. The molecule has 0 unspecified atom stereocenters. The highest BCUT2D eigenvalue weighted by Crippen LogP contribution is 2.38. The molecule has 0 bridgehead atoms. The van der Waals surface area contributed by atoms with Gasteiger partial charge in [0.05, 0.1) is 10.7 Å². The van der Waals surface area contributed by atoms with E-state index in [1.54, 1.807) is 18.2 Å². The van der Waals surface area contributed by atoms with E-state index in [1.807, 2.05) is 0 Å². The van der Waals surface area contributed by atoms with Gasteiger partial charge < -0.3 is 25.0 Å². The van der Waals surface area contributed by atoms with Gasteiger partial charge in [0.15, 0.2) is 11.5 Å². The molecule has 1 aliphatic heterocycles. The van der Waals surface area contributed by atoms with Gasteiger partial charge in [0, 0.05) is 30.3 Å². The van der Waals surface area contributed by atoms with Gasteiger partial charge in [-0.05, 0) is 12.1 Å². The highest BCUT2D eigenvalue weighted by Gasteiger charge is 2.15. The molecule has 3 rings (SSSR count). The van der Waals surface area contributed by atoms with Crippen LogP contribution < -0.4 is 14.8 Å². The predicted molar refractivity (Wildman–Crippen MR) is 79.5 cm³/mol. The molecule has 110 valence electrons. The van der Waals surface area contributed by atoms with E-state index in [4.69, 9.17) is 21.1 Å². The summed E-state index contributed by atoms with van der Waals surface area (Å²) >= 11 is 6.19. The first-order valence-electron chi connectivity index (χ1n) is 6.47. The lowest BCUT2D eigenvalue weighted by molar-refractivity contribution is 0.171. The molecule has 1 aliphatic rings. The second kappa shape index (κ2) is 5.61. The van der Waals surface area contributed by atoms with Gasteiger partial charge in [0.2, 0.25) is 0 Å². The topological polar surface area (TPSA) is 71.0 Å². The van der Waals surface area contributed by atoms with Crippen LogP contribution >= 0.6 is 11.6 Å². The molecule has 0 aliphatic carbocycles. The Morgan fingerprint density at radius 3 is 2.48 bits per heavy atom. The maximum Gasteiger partial charge on any atom is 0.163 e. The molecule has 0 radical (unpaired) electrons. The second-order valence-corrected chi connectivity index (χ2v) is 5.05. The fourth-order valence-electron chi connectivity index (χ4n) is 2.09. The van der Waals surface area contributed by atoms with Crippen LogP contribution in [0.25, 0.3) is 0 Å². The van der Waals surface area contributed by atoms with E-state index in [2.05, 4.69) is 5.32 Å². The van der Waals surface area contributed by atoms with E-state index >= 15 is 0 Å². The van der Waals surface area contributed by atoms with Gasteiger partial charge >= 0.3 is 0 Å². The lowest BCUT2D eigenvalue weighted by atomic mass is 10.2. The van der Waals surface area contributed by atoms with Crippen molar-refractivity contribution in [2.75, 3.05) is 18.5 Å². The maximum absolute atomic E-state index is 9.75. The molecule has 0 atom stereocenters. The SMILES string of the molecule is Oc1ccc(CNc2cc3c(cc2Cl)OCCO3)c(O)c1. The Labute approximate surface area is 126 Å². The summed E-state index contributed by atoms with van der Waals surface area (Å²) in [5.41, 5.74) is 1.34. The van der Waals surface area contributed by atoms with Crippen LogP contribution in [0.1, 0.15) is 5.56 Å². The van der Waals surface area contributed by atoms with Crippen LogP contribution in [0.15, 0.2) is 30.3 Å². The Balaban J connectivity index is 1.78. The second-order valence-electron chi connectivity index (χ2n) is 4.64. The van der Waals surface area contributed by atoms with Gasteiger partial charge in [0.25, 0.3) is 0 Å². The average Bonchev–Trinajstić information content (AvgIpc) is 2.46. The van der Waals surface area contributed by atoms with Gasteiger partial charge in [-0.15, -0.1) is 0 Å². The minimum Gasteiger partial charge on any atom is -0.508 e. The number of hydrogen-bond donors (Lipinski definition) is 3. The van der Waals surface area contributed by atoms with Crippen LogP contribution in [-0.4, -0.2) is 23.4 Å². The molecular weight excluding hydrogens is 294 g/mol. The summed E-state index contributed by atoms with van der Waals surface area (Å²) in [6.45, 7) is 1.38. The number of hydrogen-bond acceptors (Lipinski definition) is 5. The quantitative estimate of drug-likeness (QED) is 0.812. The zero-order chi connectivity index (χ0) is 14.8. The highest BCUT2D eigenvalue weighted by atomic mass is 35.5. The van der Waals surface area contributed by atoms with E-state index < -0.39 is 0 Å².